The lowest BCUT2D eigenvalue weighted by Crippen LogP contribution is -2.50. The number of hydrogen-bond acceptors (Lipinski definition) is 4. The van der Waals surface area contributed by atoms with Crippen molar-refractivity contribution in [1.82, 2.24) is 14.8 Å². The van der Waals surface area contributed by atoms with Crippen molar-refractivity contribution in [2.24, 2.45) is 0 Å². The number of ketones is 1. The van der Waals surface area contributed by atoms with E-state index < -0.39 is 0 Å². The third-order valence-electron chi connectivity index (χ3n) is 3.97. The van der Waals surface area contributed by atoms with Crippen LogP contribution < -0.4 is 0 Å². The van der Waals surface area contributed by atoms with Gasteiger partial charge in [-0.05, 0) is 26.0 Å². The SMILES string of the molecule is CC(C)N1CCN(C(=O)CCC(=O)c2cc(Cl)ccn2)CC1. The van der Waals surface area contributed by atoms with Crippen LogP contribution in [0.3, 0.4) is 0 Å². The Bertz CT molecular complexity index is 540. The summed E-state index contributed by atoms with van der Waals surface area (Å²) < 4.78 is 0. The number of amides is 1. The van der Waals surface area contributed by atoms with Crippen molar-refractivity contribution >= 4 is 23.3 Å². The Morgan fingerprint density at radius 1 is 1.23 bits per heavy atom. The second kappa shape index (κ2) is 7.70. The first-order valence-corrected chi connectivity index (χ1v) is 8.01. The lowest BCUT2D eigenvalue weighted by atomic mass is 10.1. The Hall–Kier alpha value is -1.46. The standard InChI is InChI=1S/C16H22ClN3O2/c1-12(2)19-7-9-20(10-8-19)16(22)4-3-15(21)14-11-13(17)5-6-18-14/h5-6,11-12H,3-4,7-10H2,1-2H3. The van der Waals surface area contributed by atoms with Crippen molar-refractivity contribution in [3.05, 3.63) is 29.0 Å². The van der Waals surface area contributed by atoms with E-state index in [1.54, 1.807) is 6.07 Å². The van der Waals surface area contributed by atoms with Gasteiger partial charge in [-0.15, -0.1) is 0 Å². The van der Waals surface area contributed by atoms with E-state index in [-0.39, 0.29) is 24.5 Å². The summed E-state index contributed by atoms with van der Waals surface area (Å²) in [6.07, 6.45) is 1.91. The molecule has 0 aromatic carbocycles. The maximum atomic E-state index is 12.2. The molecular weight excluding hydrogens is 302 g/mol. The molecule has 0 atom stereocenters. The normalized spacial score (nSPS) is 16.1. The number of nitrogens with zero attached hydrogens (tertiary/aromatic N) is 3. The minimum absolute atomic E-state index is 0.0405. The van der Waals surface area contributed by atoms with Crippen LogP contribution in [0.4, 0.5) is 0 Å². The van der Waals surface area contributed by atoms with E-state index in [2.05, 4.69) is 23.7 Å². The van der Waals surface area contributed by atoms with E-state index in [1.165, 1.54) is 12.3 Å². The first kappa shape index (κ1) is 16.9. The van der Waals surface area contributed by atoms with E-state index in [0.29, 0.717) is 16.8 Å². The quantitative estimate of drug-likeness (QED) is 0.780. The molecule has 1 aliphatic rings. The third kappa shape index (κ3) is 4.52. The van der Waals surface area contributed by atoms with Gasteiger partial charge in [0.1, 0.15) is 5.69 Å². The molecule has 22 heavy (non-hydrogen) atoms. The van der Waals surface area contributed by atoms with Crippen LogP contribution in [0.5, 0.6) is 0 Å². The van der Waals surface area contributed by atoms with Crippen molar-refractivity contribution < 1.29 is 9.59 Å². The van der Waals surface area contributed by atoms with Gasteiger partial charge in [0, 0.05) is 56.3 Å². The number of hydrogen-bond donors (Lipinski definition) is 0. The zero-order valence-corrected chi connectivity index (χ0v) is 13.8. The maximum absolute atomic E-state index is 12.2. The van der Waals surface area contributed by atoms with E-state index in [9.17, 15) is 9.59 Å². The van der Waals surface area contributed by atoms with Crippen molar-refractivity contribution in [2.75, 3.05) is 26.2 Å². The fraction of sp³-hybridized carbons (Fsp3) is 0.562. The summed E-state index contributed by atoms with van der Waals surface area (Å²) in [6.45, 7) is 7.59. The summed E-state index contributed by atoms with van der Waals surface area (Å²) in [4.78, 5) is 32.4. The molecule has 1 saturated heterocycles. The molecule has 0 N–H and O–H groups in total. The molecule has 1 fully saturated rings. The fourth-order valence-corrected chi connectivity index (χ4v) is 2.71. The summed E-state index contributed by atoms with van der Waals surface area (Å²) in [7, 11) is 0. The zero-order chi connectivity index (χ0) is 16.1. The molecule has 6 heteroatoms. The smallest absolute Gasteiger partial charge is 0.223 e. The number of pyridine rings is 1. The van der Waals surface area contributed by atoms with Crippen LogP contribution in [0.15, 0.2) is 18.3 Å². The van der Waals surface area contributed by atoms with Crippen LogP contribution >= 0.6 is 11.6 Å². The molecule has 5 nitrogen and oxygen atoms in total. The summed E-state index contributed by atoms with van der Waals surface area (Å²) in [6, 6.07) is 3.67. The summed E-state index contributed by atoms with van der Waals surface area (Å²) in [5.41, 5.74) is 0.324. The Labute approximate surface area is 136 Å². The average molecular weight is 324 g/mol. The van der Waals surface area contributed by atoms with Crippen LogP contribution in [-0.2, 0) is 4.79 Å². The molecule has 0 unspecified atom stereocenters. The largest absolute Gasteiger partial charge is 0.340 e. The van der Waals surface area contributed by atoms with E-state index in [0.717, 1.165) is 26.2 Å². The lowest BCUT2D eigenvalue weighted by molar-refractivity contribution is -0.133. The number of Topliss-reactive ketones (excluding diaryl/α,β-unsaturated/α-hetero) is 1. The minimum atomic E-state index is -0.142. The maximum Gasteiger partial charge on any atom is 0.223 e. The van der Waals surface area contributed by atoms with E-state index in [1.807, 2.05) is 4.90 Å². The Morgan fingerprint density at radius 2 is 1.91 bits per heavy atom. The number of piperazine rings is 1. The highest BCUT2D eigenvalue weighted by atomic mass is 35.5. The van der Waals surface area contributed by atoms with Crippen LogP contribution in [0.25, 0.3) is 0 Å². The van der Waals surface area contributed by atoms with Gasteiger partial charge in [0.25, 0.3) is 0 Å². The highest BCUT2D eigenvalue weighted by molar-refractivity contribution is 6.30. The van der Waals surface area contributed by atoms with Crippen molar-refractivity contribution in [2.45, 2.75) is 32.7 Å². The number of carbonyl (C=O) groups is 2. The molecule has 0 aliphatic carbocycles. The van der Waals surface area contributed by atoms with Gasteiger partial charge in [-0.2, -0.15) is 0 Å². The molecular formula is C16H22ClN3O2. The molecule has 1 aromatic rings. The first-order chi connectivity index (χ1) is 10.5. The molecule has 120 valence electrons. The van der Waals surface area contributed by atoms with E-state index >= 15 is 0 Å². The van der Waals surface area contributed by atoms with Gasteiger partial charge in [-0.25, -0.2) is 0 Å². The molecule has 0 radical (unpaired) electrons. The minimum Gasteiger partial charge on any atom is -0.340 e. The van der Waals surface area contributed by atoms with Gasteiger partial charge in [0.15, 0.2) is 5.78 Å². The second-order valence-corrected chi connectivity index (χ2v) is 6.23. The molecule has 1 amide bonds. The van der Waals surface area contributed by atoms with Gasteiger partial charge in [0.05, 0.1) is 0 Å². The third-order valence-corrected chi connectivity index (χ3v) is 4.21. The van der Waals surface area contributed by atoms with Crippen LogP contribution in [0.1, 0.15) is 37.2 Å². The van der Waals surface area contributed by atoms with Crippen molar-refractivity contribution in [3.63, 3.8) is 0 Å². The highest BCUT2D eigenvalue weighted by Gasteiger charge is 2.22. The fourth-order valence-electron chi connectivity index (χ4n) is 2.55. The number of halogens is 1. The molecule has 1 aromatic heterocycles. The monoisotopic (exact) mass is 323 g/mol. The summed E-state index contributed by atoms with van der Waals surface area (Å²) in [5, 5.41) is 0.481. The summed E-state index contributed by atoms with van der Waals surface area (Å²) in [5.74, 6) is -0.101. The molecule has 1 aliphatic heterocycles. The van der Waals surface area contributed by atoms with Crippen LogP contribution in [-0.4, -0.2) is 58.7 Å². The van der Waals surface area contributed by atoms with Crippen LogP contribution in [0.2, 0.25) is 5.02 Å². The Balaban J connectivity index is 1.80. The highest BCUT2D eigenvalue weighted by Crippen LogP contribution is 2.12. The number of rotatable bonds is 5. The number of carbonyl (C=O) groups excluding carboxylic acids is 2. The molecule has 0 spiro atoms. The first-order valence-electron chi connectivity index (χ1n) is 7.64. The van der Waals surface area contributed by atoms with Crippen LogP contribution in [0, 0.1) is 0 Å². The van der Waals surface area contributed by atoms with Gasteiger partial charge in [-0.1, -0.05) is 11.6 Å². The number of aromatic nitrogens is 1. The van der Waals surface area contributed by atoms with Gasteiger partial charge in [-0.3, -0.25) is 19.5 Å². The Morgan fingerprint density at radius 3 is 2.50 bits per heavy atom. The van der Waals surface area contributed by atoms with Gasteiger partial charge < -0.3 is 4.90 Å². The van der Waals surface area contributed by atoms with E-state index in [4.69, 9.17) is 11.6 Å². The van der Waals surface area contributed by atoms with Crippen molar-refractivity contribution in [3.8, 4) is 0 Å². The second-order valence-electron chi connectivity index (χ2n) is 5.79. The molecule has 2 rings (SSSR count). The average Bonchev–Trinajstić information content (AvgIpc) is 2.52. The summed E-state index contributed by atoms with van der Waals surface area (Å²) >= 11 is 5.84. The molecule has 0 bridgehead atoms. The predicted octanol–water partition coefficient (Wildman–Crippen LogP) is 2.25. The lowest BCUT2D eigenvalue weighted by Gasteiger charge is -2.37. The van der Waals surface area contributed by atoms with Gasteiger partial charge >= 0.3 is 0 Å². The van der Waals surface area contributed by atoms with Crippen molar-refractivity contribution in [1.29, 1.82) is 0 Å². The zero-order valence-electron chi connectivity index (χ0n) is 13.1. The van der Waals surface area contributed by atoms with Gasteiger partial charge in [0.2, 0.25) is 5.91 Å². The predicted molar refractivity (Wildman–Crippen MR) is 86.1 cm³/mol. The Kier molecular flexibility index (Phi) is 5.91. The topological polar surface area (TPSA) is 53.5 Å². The molecule has 0 saturated carbocycles. The molecule has 2 heterocycles.